The highest BCUT2D eigenvalue weighted by Crippen LogP contribution is 2.29. The predicted octanol–water partition coefficient (Wildman–Crippen LogP) is 1.80. The lowest BCUT2D eigenvalue weighted by Gasteiger charge is -2.34. The average Bonchev–Trinajstić information content (AvgIpc) is 2.99. The van der Waals surface area contributed by atoms with Gasteiger partial charge in [0.05, 0.1) is 18.3 Å². The van der Waals surface area contributed by atoms with E-state index in [0.29, 0.717) is 24.5 Å². The van der Waals surface area contributed by atoms with Gasteiger partial charge in [-0.1, -0.05) is 12.8 Å². The Hall–Kier alpha value is -1.36. The zero-order valence-corrected chi connectivity index (χ0v) is 12.6. The van der Waals surface area contributed by atoms with Crippen LogP contribution in [0.1, 0.15) is 50.3 Å². The molecule has 3 aliphatic rings. The minimum absolute atomic E-state index is 0.305. The predicted molar refractivity (Wildman–Crippen MR) is 79.7 cm³/mol. The van der Waals surface area contributed by atoms with Gasteiger partial charge in [-0.15, -0.1) is 0 Å². The molecule has 0 aromatic carbocycles. The number of carbonyl (C=O) groups excluding carboxylic acids is 1. The van der Waals surface area contributed by atoms with Gasteiger partial charge in [0.2, 0.25) is 5.91 Å². The van der Waals surface area contributed by atoms with E-state index in [1.807, 2.05) is 0 Å². The van der Waals surface area contributed by atoms with Crippen LogP contribution in [0.15, 0.2) is 12.3 Å². The smallest absolute Gasteiger partial charge is 0.237 e. The summed E-state index contributed by atoms with van der Waals surface area (Å²) in [5.74, 6) is 0.305. The molecule has 2 aliphatic carbocycles. The van der Waals surface area contributed by atoms with Crippen LogP contribution in [0.25, 0.3) is 0 Å². The zero-order valence-electron chi connectivity index (χ0n) is 12.6. The van der Waals surface area contributed by atoms with Gasteiger partial charge in [0.25, 0.3) is 0 Å². The van der Waals surface area contributed by atoms with Crippen LogP contribution in [0.5, 0.6) is 0 Å². The topological polar surface area (TPSA) is 41.4 Å². The summed E-state index contributed by atoms with van der Waals surface area (Å²) in [5.41, 5.74) is 1.11. The average molecular weight is 288 g/mol. The van der Waals surface area contributed by atoms with Gasteiger partial charge in [-0.2, -0.15) is 5.10 Å². The van der Waals surface area contributed by atoms with E-state index < -0.39 is 0 Å². The van der Waals surface area contributed by atoms with Crippen LogP contribution in [0.2, 0.25) is 0 Å². The molecule has 0 bridgehead atoms. The summed E-state index contributed by atoms with van der Waals surface area (Å²) in [6, 6.07) is 3.28. The van der Waals surface area contributed by atoms with Crippen LogP contribution in [0.4, 0.5) is 0 Å². The molecule has 1 amide bonds. The quantitative estimate of drug-likeness (QED) is 0.848. The molecular weight excluding hydrogens is 264 g/mol. The molecule has 1 aliphatic heterocycles. The zero-order chi connectivity index (χ0) is 14.2. The Labute approximate surface area is 125 Å². The van der Waals surface area contributed by atoms with Gasteiger partial charge in [0.15, 0.2) is 0 Å². The minimum atomic E-state index is 0.305. The summed E-state index contributed by atoms with van der Waals surface area (Å²) in [4.78, 5) is 16.5. The second kappa shape index (κ2) is 5.44. The van der Waals surface area contributed by atoms with Gasteiger partial charge >= 0.3 is 0 Å². The SMILES string of the molecule is O=C1CN(Cc2ccn(C3CCCC3)n2)CCN1C1CC1. The Morgan fingerprint density at radius 2 is 1.90 bits per heavy atom. The summed E-state index contributed by atoms with van der Waals surface area (Å²) >= 11 is 0. The standard InChI is InChI=1S/C16H24N4O/c21-16-12-18(9-10-19(16)14-5-6-14)11-13-7-8-20(17-13)15-3-1-2-4-15/h7-8,14-15H,1-6,9-12H2. The molecule has 114 valence electrons. The van der Waals surface area contributed by atoms with Gasteiger partial charge in [-0.25, -0.2) is 0 Å². The van der Waals surface area contributed by atoms with Crippen LogP contribution in [-0.4, -0.2) is 51.2 Å². The first kappa shape index (κ1) is 13.3. The summed E-state index contributed by atoms with van der Waals surface area (Å²) in [7, 11) is 0. The molecule has 3 fully saturated rings. The third-order valence-corrected chi connectivity index (χ3v) is 5.07. The third kappa shape index (κ3) is 2.84. The molecule has 2 heterocycles. The Kier molecular flexibility index (Phi) is 3.45. The lowest BCUT2D eigenvalue weighted by atomic mass is 10.2. The lowest BCUT2D eigenvalue weighted by molar-refractivity contribution is -0.136. The molecule has 0 unspecified atom stereocenters. The second-order valence-electron chi connectivity index (χ2n) is 6.75. The first-order valence-corrected chi connectivity index (χ1v) is 8.35. The largest absolute Gasteiger partial charge is 0.337 e. The molecule has 21 heavy (non-hydrogen) atoms. The minimum Gasteiger partial charge on any atom is -0.337 e. The van der Waals surface area contributed by atoms with Crippen LogP contribution in [0.3, 0.4) is 0 Å². The van der Waals surface area contributed by atoms with Gasteiger partial charge in [-0.3, -0.25) is 14.4 Å². The number of piperazine rings is 1. The Bertz CT molecular complexity index is 516. The fourth-order valence-corrected chi connectivity index (χ4v) is 3.71. The molecule has 0 spiro atoms. The maximum atomic E-state index is 12.1. The monoisotopic (exact) mass is 288 g/mol. The number of aromatic nitrogens is 2. The van der Waals surface area contributed by atoms with E-state index in [-0.39, 0.29) is 0 Å². The fourth-order valence-electron chi connectivity index (χ4n) is 3.71. The molecule has 1 saturated heterocycles. The van der Waals surface area contributed by atoms with Crippen molar-refractivity contribution in [2.75, 3.05) is 19.6 Å². The summed E-state index contributed by atoms with van der Waals surface area (Å²) in [5, 5.41) is 4.73. The van der Waals surface area contributed by atoms with E-state index in [9.17, 15) is 4.79 Å². The molecule has 5 heteroatoms. The molecule has 0 N–H and O–H groups in total. The Morgan fingerprint density at radius 1 is 1.10 bits per heavy atom. The van der Waals surface area contributed by atoms with Crippen molar-refractivity contribution in [3.8, 4) is 0 Å². The van der Waals surface area contributed by atoms with Crippen molar-refractivity contribution in [3.05, 3.63) is 18.0 Å². The van der Waals surface area contributed by atoms with Crippen LogP contribution in [-0.2, 0) is 11.3 Å². The maximum Gasteiger partial charge on any atom is 0.237 e. The van der Waals surface area contributed by atoms with Crippen molar-refractivity contribution in [2.45, 2.75) is 57.2 Å². The van der Waals surface area contributed by atoms with Crippen LogP contribution in [0, 0.1) is 0 Å². The summed E-state index contributed by atoms with van der Waals surface area (Å²) < 4.78 is 2.14. The van der Waals surface area contributed by atoms with Gasteiger partial charge in [0.1, 0.15) is 0 Å². The van der Waals surface area contributed by atoms with E-state index in [1.54, 1.807) is 0 Å². The van der Waals surface area contributed by atoms with Crippen molar-refractivity contribution in [1.29, 1.82) is 0 Å². The first-order chi connectivity index (χ1) is 10.3. The fraction of sp³-hybridized carbons (Fsp3) is 0.750. The lowest BCUT2D eigenvalue weighted by Crippen LogP contribution is -2.50. The molecule has 0 atom stereocenters. The normalized spacial score (nSPS) is 25.0. The van der Waals surface area contributed by atoms with E-state index in [1.165, 1.54) is 38.5 Å². The van der Waals surface area contributed by atoms with Gasteiger partial charge < -0.3 is 4.90 Å². The Balaban J connectivity index is 1.34. The molecule has 0 radical (unpaired) electrons. The van der Waals surface area contributed by atoms with Gasteiger partial charge in [0, 0.05) is 31.9 Å². The molecular formula is C16H24N4O. The maximum absolute atomic E-state index is 12.1. The van der Waals surface area contributed by atoms with Crippen molar-refractivity contribution in [2.24, 2.45) is 0 Å². The van der Waals surface area contributed by atoms with Crippen molar-refractivity contribution >= 4 is 5.91 Å². The van der Waals surface area contributed by atoms with E-state index in [4.69, 9.17) is 5.10 Å². The number of hydrogen-bond acceptors (Lipinski definition) is 3. The van der Waals surface area contributed by atoms with E-state index >= 15 is 0 Å². The second-order valence-corrected chi connectivity index (χ2v) is 6.75. The highest BCUT2D eigenvalue weighted by molar-refractivity contribution is 5.79. The summed E-state index contributed by atoms with van der Waals surface area (Å²) in [6.07, 6.45) is 9.72. The van der Waals surface area contributed by atoms with E-state index in [2.05, 4.69) is 26.7 Å². The van der Waals surface area contributed by atoms with E-state index in [0.717, 1.165) is 25.3 Å². The molecule has 4 rings (SSSR count). The third-order valence-electron chi connectivity index (χ3n) is 5.07. The number of nitrogens with zero attached hydrogens (tertiary/aromatic N) is 4. The highest BCUT2D eigenvalue weighted by Gasteiger charge is 2.35. The number of amides is 1. The van der Waals surface area contributed by atoms with Gasteiger partial charge in [-0.05, 0) is 31.7 Å². The molecule has 1 aromatic rings. The van der Waals surface area contributed by atoms with Crippen molar-refractivity contribution in [1.82, 2.24) is 19.6 Å². The molecule has 5 nitrogen and oxygen atoms in total. The highest BCUT2D eigenvalue weighted by atomic mass is 16.2. The molecule has 1 aromatic heterocycles. The summed E-state index contributed by atoms with van der Waals surface area (Å²) in [6.45, 7) is 3.25. The number of hydrogen-bond donors (Lipinski definition) is 0. The Morgan fingerprint density at radius 3 is 2.62 bits per heavy atom. The number of carbonyl (C=O) groups is 1. The van der Waals surface area contributed by atoms with Crippen molar-refractivity contribution in [3.63, 3.8) is 0 Å². The van der Waals surface area contributed by atoms with Crippen LogP contribution >= 0.6 is 0 Å². The molecule has 2 saturated carbocycles. The van der Waals surface area contributed by atoms with Crippen LogP contribution < -0.4 is 0 Å². The number of rotatable bonds is 4. The first-order valence-electron chi connectivity index (χ1n) is 8.35. The van der Waals surface area contributed by atoms with Crippen molar-refractivity contribution < 1.29 is 4.79 Å².